The summed E-state index contributed by atoms with van der Waals surface area (Å²) in [5.41, 5.74) is 1.43. The van der Waals surface area contributed by atoms with E-state index in [0.717, 1.165) is 6.54 Å². The maximum absolute atomic E-state index is 4.05. The van der Waals surface area contributed by atoms with Crippen molar-refractivity contribution in [3.05, 3.63) is 30.1 Å². The molecule has 0 aliphatic carbocycles. The minimum Gasteiger partial charge on any atom is -0.297 e. The lowest BCUT2D eigenvalue weighted by molar-refractivity contribution is 0.271. The SMILES string of the molecule is CCN1CCCC1c1ccncc1. The van der Waals surface area contributed by atoms with Crippen molar-refractivity contribution in [2.24, 2.45) is 0 Å². The Morgan fingerprint density at radius 2 is 2.23 bits per heavy atom. The molecule has 1 saturated heterocycles. The van der Waals surface area contributed by atoms with Crippen LogP contribution in [0.1, 0.15) is 31.4 Å². The lowest BCUT2D eigenvalue weighted by atomic mass is 10.1. The van der Waals surface area contributed by atoms with Crippen LogP contribution < -0.4 is 0 Å². The van der Waals surface area contributed by atoms with E-state index in [9.17, 15) is 0 Å². The molecule has 1 aliphatic rings. The molecule has 0 amide bonds. The molecule has 1 atom stereocenters. The van der Waals surface area contributed by atoms with Gasteiger partial charge in [-0.3, -0.25) is 9.88 Å². The summed E-state index contributed by atoms with van der Waals surface area (Å²) in [5.74, 6) is 0. The van der Waals surface area contributed by atoms with E-state index in [0.29, 0.717) is 6.04 Å². The van der Waals surface area contributed by atoms with Gasteiger partial charge in [0, 0.05) is 18.4 Å². The Morgan fingerprint density at radius 3 is 2.92 bits per heavy atom. The van der Waals surface area contributed by atoms with E-state index >= 15 is 0 Å². The van der Waals surface area contributed by atoms with Crippen LogP contribution in [0.3, 0.4) is 0 Å². The van der Waals surface area contributed by atoms with Gasteiger partial charge in [0.05, 0.1) is 0 Å². The number of hydrogen-bond donors (Lipinski definition) is 0. The van der Waals surface area contributed by atoms with Crippen LogP contribution in [-0.2, 0) is 0 Å². The van der Waals surface area contributed by atoms with Gasteiger partial charge in [0.15, 0.2) is 0 Å². The standard InChI is InChI=1S/C11H16N2/c1-2-13-9-3-4-11(13)10-5-7-12-8-6-10/h5-8,11H,2-4,9H2,1H3. The Labute approximate surface area is 79.6 Å². The Hall–Kier alpha value is -0.890. The van der Waals surface area contributed by atoms with Crippen molar-refractivity contribution in [3.63, 3.8) is 0 Å². The molecule has 2 heteroatoms. The highest BCUT2D eigenvalue weighted by molar-refractivity contribution is 5.16. The van der Waals surface area contributed by atoms with Gasteiger partial charge in [-0.05, 0) is 43.6 Å². The van der Waals surface area contributed by atoms with E-state index in [2.05, 4.69) is 28.9 Å². The summed E-state index contributed by atoms with van der Waals surface area (Å²) in [7, 11) is 0. The quantitative estimate of drug-likeness (QED) is 0.687. The molecule has 1 fully saturated rings. The number of rotatable bonds is 2. The molecule has 70 valence electrons. The maximum atomic E-state index is 4.05. The number of aromatic nitrogens is 1. The summed E-state index contributed by atoms with van der Waals surface area (Å²) in [6, 6.07) is 4.92. The van der Waals surface area contributed by atoms with Crippen molar-refractivity contribution in [2.45, 2.75) is 25.8 Å². The van der Waals surface area contributed by atoms with Crippen molar-refractivity contribution in [1.29, 1.82) is 0 Å². The van der Waals surface area contributed by atoms with Crippen molar-refractivity contribution in [2.75, 3.05) is 13.1 Å². The lowest BCUT2D eigenvalue weighted by Gasteiger charge is -2.22. The van der Waals surface area contributed by atoms with E-state index < -0.39 is 0 Å². The zero-order chi connectivity index (χ0) is 9.10. The molecule has 0 spiro atoms. The fourth-order valence-electron chi connectivity index (χ4n) is 2.17. The maximum Gasteiger partial charge on any atom is 0.0349 e. The van der Waals surface area contributed by atoms with E-state index in [1.165, 1.54) is 24.9 Å². The van der Waals surface area contributed by atoms with E-state index in [1.54, 1.807) is 0 Å². The van der Waals surface area contributed by atoms with Gasteiger partial charge in [-0.2, -0.15) is 0 Å². The molecule has 1 unspecified atom stereocenters. The predicted molar refractivity (Wildman–Crippen MR) is 53.5 cm³/mol. The van der Waals surface area contributed by atoms with Crippen LogP contribution in [0.2, 0.25) is 0 Å². The van der Waals surface area contributed by atoms with Gasteiger partial charge >= 0.3 is 0 Å². The molecule has 2 nitrogen and oxygen atoms in total. The third-order valence-corrected chi connectivity index (χ3v) is 2.86. The van der Waals surface area contributed by atoms with Gasteiger partial charge in [-0.1, -0.05) is 6.92 Å². The largest absolute Gasteiger partial charge is 0.297 e. The molecular formula is C11H16N2. The summed E-state index contributed by atoms with van der Waals surface area (Å²) in [6.07, 6.45) is 6.42. The second kappa shape index (κ2) is 3.88. The zero-order valence-corrected chi connectivity index (χ0v) is 8.11. The minimum absolute atomic E-state index is 0.646. The van der Waals surface area contributed by atoms with Crippen molar-refractivity contribution in [1.82, 2.24) is 9.88 Å². The molecule has 2 rings (SSSR count). The molecule has 0 bridgehead atoms. The number of nitrogens with zero attached hydrogens (tertiary/aromatic N) is 2. The molecule has 1 aromatic heterocycles. The van der Waals surface area contributed by atoms with Gasteiger partial charge in [0.1, 0.15) is 0 Å². The Morgan fingerprint density at radius 1 is 1.46 bits per heavy atom. The Balaban J connectivity index is 2.16. The monoisotopic (exact) mass is 176 g/mol. The van der Waals surface area contributed by atoms with Crippen LogP contribution in [0.15, 0.2) is 24.5 Å². The topological polar surface area (TPSA) is 16.1 Å². The normalized spacial score (nSPS) is 23.6. The zero-order valence-electron chi connectivity index (χ0n) is 8.11. The lowest BCUT2D eigenvalue weighted by Crippen LogP contribution is -2.22. The molecule has 13 heavy (non-hydrogen) atoms. The van der Waals surface area contributed by atoms with Gasteiger partial charge in [-0.15, -0.1) is 0 Å². The molecular weight excluding hydrogens is 160 g/mol. The second-order valence-corrected chi connectivity index (χ2v) is 3.57. The highest BCUT2D eigenvalue weighted by Crippen LogP contribution is 2.30. The van der Waals surface area contributed by atoms with Crippen LogP contribution in [-0.4, -0.2) is 23.0 Å². The van der Waals surface area contributed by atoms with Crippen LogP contribution in [0.5, 0.6) is 0 Å². The second-order valence-electron chi connectivity index (χ2n) is 3.57. The predicted octanol–water partition coefficient (Wildman–Crippen LogP) is 2.24. The molecule has 1 aromatic rings. The van der Waals surface area contributed by atoms with Crippen LogP contribution >= 0.6 is 0 Å². The highest BCUT2D eigenvalue weighted by Gasteiger charge is 2.23. The summed E-state index contributed by atoms with van der Waals surface area (Å²) < 4.78 is 0. The first-order valence-electron chi connectivity index (χ1n) is 5.06. The average Bonchev–Trinajstić information content (AvgIpc) is 2.67. The summed E-state index contributed by atoms with van der Waals surface area (Å²) in [4.78, 5) is 6.59. The van der Waals surface area contributed by atoms with Gasteiger partial charge in [0.25, 0.3) is 0 Å². The first kappa shape index (κ1) is 8.70. The fraction of sp³-hybridized carbons (Fsp3) is 0.545. The van der Waals surface area contributed by atoms with E-state index in [4.69, 9.17) is 0 Å². The fourth-order valence-corrected chi connectivity index (χ4v) is 2.17. The van der Waals surface area contributed by atoms with Crippen molar-refractivity contribution in [3.8, 4) is 0 Å². The number of likely N-dealkylation sites (tertiary alicyclic amines) is 1. The summed E-state index contributed by atoms with van der Waals surface area (Å²) >= 11 is 0. The van der Waals surface area contributed by atoms with Crippen LogP contribution in [0.4, 0.5) is 0 Å². The molecule has 0 saturated carbocycles. The number of hydrogen-bond acceptors (Lipinski definition) is 2. The third kappa shape index (κ3) is 1.73. The Kier molecular flexibility index (Phi) is 2.60. The molecule has 2 heterocycles. The van der Waals surface area contributed by atoms with Gasteiger partial charge < -0.3 is 0 Å². The van der Waals surface area contributed by atoms with E-state index in [1.807, 2.05) is 12.4 Å². The molecule has 1 aliphatic heterocycles. The van der Waals surface area contributed by atoms with Crippen LogP contribution in [0.25, 0.3) is 0 Å². The summed E-state index contributed by atoms with van der Waals surface area (Å²) in [5, 5.41) is 0. The highest BCUT2D eigenvalue weighted by atomic mass is 15.2. The Bertz CT molecular complexity index is 258. The van der Waals surface area contributed by atoms with Gasteiger partial charge in [0.2, 0.25) is 0 Å². The smallest absolute Gasteiger partial charge is 0.0349 e. The molecule has 0 radical (unpaired) electrons. The molecule has 0 aromatic carbocycles. The first-order chi connectivity index (χ1) is 6.42. The minimum atomic E-state index is 0.646. The van der Waals surface area contributed by atoms with Crippen molar-refractivity contribution >= 4 is 0 Å². The third-order valence-electron chi connectivity index (χ3n) is 2.86. The van der Waals surface area contributed by atoms with Crippen molar-refractivity contribution < 1.29 is 0 Å². The van der Waals surface area contributed by atoms with Gasteiger partial charge in [-0.25, -0.2) is 0 Å². The number of pyridine rings is 1. The average molecular weight is 176 g/mol. The van der Waals surface area contributed by atoms with E-state index in [-0.39, 0.29) is 0 Å². The van der Waals surface area contributed by atoms with Crippen LogP contribution in [0, 0.1) is 0 Å². The summed E-state index contributed by atoms with van der Waals surface area (Å²) in [6.45, 7) is 4.65. The molecule has 0 N–H and O–H groups in total. The first-order valence-corrected chi connectivity index (χ1v) is 5.06.